The summed E-state index contributed by atoms with van der Waals surface area (Å²) in [7, 11) is 0. The molecule has 136 valence electrons. The van der Waals surface area contributed by atoms with Crippen LogP contribution in [0.15, 0.2) is 0 Å². The Morgan fingerprint density at radius 1 is 0.875 bits per heavy atom. The lowest BCUT2D eigenvalue weighted by Gasteiger charge is -2.57. The Kier molecular flexibility index (Phi) is 5.17. The first kappa shape index (κ1) is 20.5. The highest BCUT2D eigenvalue weighted by atomic mass is 16.7. The number of aliphatic hydroxyl groups is 5. The van der Waals surface area contributed by atoms with Gasteiger partial charge < -0.3 is 30.3 Å². The molecule has 1 aliphatic rings. The van der Waals surface area contributed by atoms with Crippen molar-refractivity contribution in [2.45, 2.75) is 63.0 Å². The summed E-state index contributed by atoms with van der Waals surface area (Å²) < 4.78 is 4.74. The predicted molar refractivity (Wildman–Crippen MR) is 74.5 cm³/mol. The van der Waals surface area contributed by atoms with Crippen molar-refractivity contribution in [3.63, 3.8) is 0 Å². The first-order chi connectivity index (χ1) is 10.7. The van der Waals surface area contributed by atoms with E-state index in [1.807, 2.05) is 0 Å². The van der Waals surface area contributed by atoms with Gasteiger partial charge >= 0.3 is 0 Å². The molecule has 1 saturated heterocycles. The zero-order chi connectivity index (χ0) is 19.2. The van der Waals surface area contributed by atoms with Crippen LogP contribution in [-0.2, 0) is 23.9 Å². The molecule has 10 nitrogen and oxygen atoms in total. The molecule has 0 amide bonds. The van der Waals surface area contributed by atoms with Gasteiger partial charge in [0.15, 0.2) is 35.0 Å². The third-order valence-electron chi connectivity index (χ3n) is 4.43. The van der Waals surface area contributed by atoms with Gasteiger partial charge in [-0.15, -0.1) is 0 Å². The lowest BCUT2D eigenvalue weighted by atomic mass is 9.60. The summed E-state index contributed by atoms with van der Waals surface area (Å²) in [6.45, 7) is 2.88. The SMILES string of the molecule is CC(=O)C(O)[C@H]1OC(O)[C@@](O)(C(C)=O)[C@](O)(C(C)=O)[C@@]1(O)C(C)=O. The first-order valence-corrected chi connectivity index (χ1v) is 6.92. The number of rotatable bonds is 5. The smallest absolute Gasteiger partial charge is 0.213 e. The summed E-state index contributed by atoms with van der Waals surface area (Å²) in [6, 6.07) is 0. The number of Topliss-reactive ketones (excluding diaryl/α,β-unsaturated/α-hetero) is 4. The Balaban J connectivity index is 3.86. The normalized spacial score (nSPS) is 40.7. The third kappa shape index (κ3) is 2.26. The van der Waals surface area contributed by atoms with E-state index in [4.69, 9.17) is 4.74 Å². The number of carbonyl (C=O) groups is 4. The minimum Gasteiger partial charge on any atom is -0.382 e. The van der Waals surface area contributed by atoms with Crippen LogP contribution in [0, 0.1) is 0 Å². The second-order valence-electron chi connectivity index (χ2n) is 5.88. The molecule has 1 heterocycles. The Morgan fingerprint density at radius 3 is 1.58 bits per heavy atom. The maximum absolute atomic E-state index is 12.0. The molecule has 2 unspecified atom stereocenters. The highest BCUT2D eigenvalue weighted by molar-refractivity contribution is 6.05. The van der Waals surface area contributed by atoms with Crippen molar-refractivity contribution < 1.29 is 49.4 Å². The number of aliphatic hydroxyl groups excluding tert-OH is 2. The van der Waals surface area contributed by atoms with Crippen LogP contribution in [0.3, 0.4) is 0 Å². The number of ether oxygens (including phenoxy) is 1. The quantitative estimate of drug-likeness (QED) is 0.336. The van der Waals surface area contributed by atoms with E-state index in [1.54, 1.807) is 0 Å². The average molecular weight is 348 g/mol. The van der Waals surface area contributed by atoms with Gasteiger partial charge in [-0.05, 0) is 27.7 Å². The molecule has 0 bridgehead atoms. The zero-order valence-electron chi connectivity index (χ0n) is 13.5. The Hall–Kier alpha value is -1.56. The van der Waals surface area contributed by atoms with E-state index >= 15 is 0 Å². The molecule has 0 aromatic carbocycles. The van der Waals surface area contributed by atoms with Gasteiger partial charge in [0.1, 0.15) is 12.2 Å². The molecule has 1 rings (SSSR count). The summed E-state index contributed by atoms with van der Waals surface area (Å²) in [4.78, 5) is 47.3. The molecule has 1 aliphatic heterocycles. The van der Waals surface area contributed by atoms with Crippen LogP contribution in [0.4, 0.5) is 0 Å². The maximum atomic E-state index is 12.0. The number of carbonyl (C=O) groups excluding carboxylic acids is 4. The van der Waals surface area contributed by atoms with Gasteiger partial charge in [-0.1, -0.05) is 0 Å². The molecule has 0 aliphatic carbocycles. The van der Waals surface area contributed by atoms with Crippen molar-refractivity contribution in [2.24, 2.45) is 0 Å². The van der Waals surface area contributed by atoms with E-state index in [9.17, 15) is 44.7 Å². The van der Waals surface area contributed by atoms with Crippen molar-refractivity contribution in [3.05, 3.63) is 0 Å². The summed E-state index contributed by atoms with van der Waals surface area (Å²) in [5.41, 5.74) is -10.4. The molecule has 0 spiro atoms. The lowest BCUT2D eigenvalue weighted by molar-refractivity contribution is -0.364. The number of hydrogen-bond acceptors (Lipinski definition) is 10. The monoisotopic (exact) mass is 348 g/mol. The van der Waals surface area contributed by atoms with Gasteiger partial charge in [-0.25, -0.2) is 0 Å². The fourth-order valence-electron chi connectivity index (χ4n) is 2.95. The maximum Gasteiger partial charge on any atom is 0.213 e. The van der Waals surface area contributed by atoms with Crippen molar-refractivity contribution in [2.75, 3.05) is 0 Å². The summed E-state index contributed by atoms with van der Waals surface area (Å²) >= 11 is 0. The van der Waals surface area contributed by atoms with E-state index in [0.29, 0.717) is 20.8 Å². The zero-order valence-corrected chi connectivity index (χ0v) is 13.5. The van der Waals surface area contributed by atoms with Crippen molar-refractivity contribution in [1.29, 1.82) is 0 Å². The molecule has 5 N–H and O–H groups in total. The van der Waals surface area contributed by atoms with Gasteiger partial charge in [0.2, 0.25) is 11.2 Å². The topological polar surface area (TPSA) is 179 Å². The van der Waals surface area contributed by atoms with Crippen molar-refractivity contribution >= 4 is 23.1 Å². The summed E-state index contributed by atoms with van der Waals surface area (Å²) in [6.07, 6.45) is -7.16. The third-order valence-corrected chi connectivity index (χ3v) is 4.43. The molecule has 0 aromatic heterocycles. The van der Waals surface area contributed by atoms with E-state index < -0.39 is 58.4 Å². The van der Waals surface area contributed by atoms with E-state index in [2.05, 4.69) is 0 Å². The van der Waals surface area contributed by atoms with Crippen molar-refractivity contribution in [1.82, 2.24) is 0 Å². The summed E-state index contributed by atoms with van der Waals surface area (Å²) in [5, 5.41) is 51.8. The standard InChI is InChI=1S/C14H20O10/c1-5(15)9(19)10-12(21,6(2)16)14(23,8(4)18)13(22,7(3)17)11(20)24-10/h9-11,19-23H,1-4H3/t9?,10-,11?,12-,13+,14+/m1/s1. The molecular weight excluding hydrogens is 328 g/mol. The fourth-order valence-corrected chi connectivity index (χ4v) is 2.95. The lowest BCUT2D eigenvalue weighted by Crippen LogP contribution is -2.87. The highest BCUT2D eigenvalue weighted by Crippen LogP contribution is 2.46. The molecule has 1 fully saturated rings. The Bertz CT molecular complexity index is 600. The molecule has 0 radical (unpaired) electrons. The molecular formula is C14H20O10. The van der Waals surface area contributed by atoms with Crippen LogP contribution < -0.4 is 0 Å². The van der Waals surface area contributed by atoms with E-state index in [0.717, 1.165) is 6.92 Å². The molecule has 6 atom stereocenters. The number of ketones is 4. The van der Waals surface area contributed by atoms with E-state index in [1.165, 1.54) is 0 Å². The van der Waals surface area contributed by atoms with Crippen molar-refractivity contribution in [3.8, 4) is 0 Å². The second-order valence-corrected chi connectivity index (χ2v) is 5.88. The van der Waals surface area contributed by atoms with Gasteiger partial charge in [-0.2, -0.15) is 0 Å². The number of hydrogen-bond donors (Lipinski definition) is 5. The Labute approximate surface area is 136 Å². The van der Waals surface area contributed by atoms with Gasteiger partial charge in [-0.3, -0.25) is 19.2 Å². The molecule has 0 aromatic rings. The Morgan fingerprint density at radius 2 is 1.29 bits per heavy atom. The minimum absolute atomic E-state index is 0.650. The fraction of sp³-hybridized carbons (Fsp3) is 0.714. The molecule has 10 heteroatoms. The summed E-state index contributed by atoms with van der Waals surface area (Å²) in [5.74, 6) is -5.24. The second kappa shape index (κ2) is 6.06. The van der Waals surface area contributed by atoms with Gasteiger partial charge in [0, 0.05) is 0 Å². The van der Waals surface area contributed by atoms with Crippen LogP contribution in [0.5, 0.6) is 0 Å². The highest BCUT2D eigenvalue weighted by Gasteiger charge is 2.79. The largest absolute Gasteiger partial charge is 0.382 e. The predicted octanol–water partition coefficient (Wildman–Crippen LogP) is -3.39. The average Bonchev–Trinajstić information content (AvgIpc) is 2.46. The molecule has 0 saturated carbocycles. The van der Waals surface area contributed by atoms with Crippen LogP contribution in [0.1, 0.15) is 27.7 Å². The van der Waals surface area contributed by atoms with Crippen LogP contribution in [0.25, 0.3) is 0 Å². The van der Waals surface area contributed by atoms with Gasteiger partial charge in [0.05, 0.1) is 0 Å². The van der Waals surface area contributed by atoms with Crippen LogP contribution >= 0.6 is 0 Å². The minimum atomic E-state index is -3.57. The molecule has 24 heavy (non-hydrogen) atoms. The van der Waals surface area contributed by atoms with Crippen LogP contribution in [-0.4, -0.2) is 84.0 Å². The van der Waals surface area contributed by atoms with Gasteiger partial charge in [0.25, 0.3) is 0 Å². The first-order valence-electron chi connectivity index (χ1n) is 6.92. The van der Waals surface area contributed by atoms with E-state index in [-0.39, 0.29) is 0 Å². The van der Waals surface area contributed by atoms with Crippen LogP contribution in [0.2, 0.25) is 0 Å².